The molecule has 56 heavy (non-hydrogen) atoms. The number of benzene rings is 2. The van der Waals surface area contributed by atoms with E-state index in [4.69, 9.17) is 14.3 Å². The molecule has 10 atom stereocenters. The van der Waals surface area contributed by atoms with Gasteiger partial charge in [-0.1, -0.05) is 44.2 Å². The third-order valence-corrected chi connectivity index (χ3v) is 15.2. The van der Waals surface area contributed by atoms with E-state index in [-0.39, 0.29) is 12.0 Å². The number of aromatic nitrogens is 1. The third-order valence-electron chi connectivity index (χ3n) is 15.2. The first-order chi connectivity index (χ1) is 26.8. The molecule has 9 rings (SSSR count). The number of anilines is 1. The molecule has 2 aromatic carbocycles. The smallest absolute Gasteiger partial charge is 0.344 e. The van der Waals surface area contributed by atoms with Crippen LogP contribution < -0.4 is 4.90 Å². The summed E-state index contributed by atoms with van der Waals surface area (Å²) in [6.45, 7) is 20.5. The highest BCUT2D eigenvalue weighted by Crippen LogP contribution is 2.68. The number of esters is 2. The summed E-state index contributed by atoms with van der Waals surface area (Å²) in [4.78, 5) is 42.7. The largest absolute Gasteiger partial charge is 0.467 e. The Hall–Kier alpha value is -4.21. The standard InChI is InChI=1S/C45H55N5O6/c1-8-41(53)23-29-24-44(46-5,36-31(15-19-49(25-29)26-41)30-13-10-11-14-34(30)47-36)32-22-33-35(21-27(32)3)48(6)38-43(33)17-20-50-18-12-16-42(9-2,37(43)50)39(56-28(4)51)45(38,54)40(52)55-7/h10-14,16,21-22,29,37-39,47,53-54H,8-9,15,17-20,23-26H2,1-4,6-7H3/t29-,37-,38?,39+,41-,42+,43+,44-,45-/m0/s1. The second kappa shape index (κ2) is 12.6. The monoisotopic (exact) mass is 761 g/mol. The molecule has 0 radical (unpaired) electrons. The Morgan fingerprint density at radius 2 is 1.86 bits per heavy atom. The van der Waals surface area contributed by atoms with Crippen LogP contribution >= 0.6 is 0 Å². The molecule has 11 nitrogen and oxygen atoms in total. The Labute approximate surface area is 329 Å². The maximum Gasteiger partial charge on any atom is 0.344 e. The number of hydrogen-bond donors (Lipinski definition) is 3. The van der Waals surface area contributed by atoms with Crippen LogP contribution in [0, 0.1) is 24.8 Å². The number of piperidine rings is 1. The predicted octanol–water partition coefficient (Wildman–Crippen LogP) is 4.99. The predicted molar refractivity (Wildman–Crippen MR) is 213 cm³/mol. The topological polar surface area (TPSA) is 123 Å². The van der Waals surface area contributed by atoms with Crippen molar-refractivity contribution in [1.82, 2.24) is 14.8 Å². The van der Waals surface area contributed by atoms with Gasteiger partial charge in [0.2, 0.25) is 5.60 Å². The van der Waals surface area contributed by atoms with Gasteiger partial charge in [0.25, 0.3) is 5.54 Å². The summed E-state index contributed by atoms with van der Waals surface area (Å²) in [7, 11) is 3.21. The van der Waals surface area contributed by atoms with Crippen molar-refractivity contribution in [1.29, 1.82) is 0 Å². The van der Waals surface area contributed by atoms with Gasteiger partial charge >= 0.3 is 11.9 Å². The summed E-state index contributed by atoms with van der Waals surface area (Å²) in [5.41, 5.74) is 0.970. The van der Waals surface area contributed by atoms with Crippen molar-refractivity contribution in [2.75, 3.05) is 51.8 Å². The lowest BCUT2D eigenvalue weighted by Gasteiger charge is -2.63. The SMILES string of the molecule is [C-]#[N+][C@]1(c2cc3c(cc2C)N(C)C2[C@]34CCN3CC=C[C@@](CC)([C@@H](OC(C)=O)[C@]2(O)C(=O)OC)[C@H]34)C[C@H]2CN(CCc3c1[nH]c1ccccc31)C[C@](O)(CC)C2. The van der Waals surface area contributed by atoms with E-state index >= 15 is 0 Å². The van der Waals surface area contributed by atoms with Gasteiger partial charge in [0.1, 0.15) is 5.69 Å². The van der Waals surface area contributed by atoms with Crippen molar-refractivity contribution in [2.45, 2.75) is 107 Å². The third kappa shape index (κ3) is 4.70. The van der Waals surface area contributed by atoms with E-state index in [2.05, 4.69) is 71.1 Å². The molecular weight excluding hydrogens is 707 g/mol. The van der Waals surface area contributed by atoms with Gasteiger partial charge in [-0.05, 0) is 86.4 Å². The van der Waals surface area contributed by atoms with E-state index in [0.717, 1.165) is 70.6 Å². The van der Waals surface area contributed by atoms with Crippen LogP contribution in [0.25, 0.3) is 15.7 Å². The van der Waals surface area contributed by atoms with Crippen LogP contribution in [0.5, 0.6) is 0 Å². The minimum absolute atomic E-state index is 0.0585. The van der Waals surface area contributed by atoms with Crippen LogP contribution in [0.2, 0.25) is 0 Å². The number of nitrogens with zero attached hydrogens (tertiary/aromatic N) is 4. The first-order valence-electron chi connectivity index (χ1n) is 20.5. The minimum atomic E-state index is -2.22. The summed E-state index contributed by atoms with van der Waals surface area (Å²) in [6.07, 6.45) is 6.68. The molecule has 1 saturated carbocycles. The zero-order valence-electron chi connectivity index (χ0n) is 33.5. The fraction of sp³-hybridized carbons (Fsp3) is 0.578. The number of H-pyrrole nitrogens is 1. The van der Waals surface area contributed by atoms with E-state index in [1.54, 1.807) is 0 Å². The average Bonchev–Trinajstić information content (AvgIpc) is 3.84. The van der Waals surface area contributed by atoms with Crippen molar-refractivity contribution in [2.24, 2.45) is 11.3 Å². The van der Waals surface area contributed by atoms with Gasteiger partial charge in [-0.3, -0.25) is 19.4 Å². The molecule has 2 bridgehead atoms. The zero-order chi connectivity index (χ0) is 39.6. The normalized spacial score (nSPS) is 38.3. The van der Waals surface area contributed by atoms with Crippen molar-refractivity contribution < 1.29 is 29.3 Å². The number of nitrogens with one attached hydrogen (secondary N) is 1. The zero-order valence-corrected chi connectivity index (χ0v) is 33.5. The molecule has 0 amide bonds. The number of methoxy groups -OCH3 is 1. The number of aromatic amines is 1. The molecule has 3 aromatic rings. The van der Waals surface area contributed by atoms with Crippen LogP contribution in [0.4, 0.5) is 5.69 Å². The molecule has 1 aliphatic carbocycles. The van der Waals surface area contributed by atoms with Crippen LogP contribution in [0.15, 0.2) is 48.6 Å². The summed E-state index contributed by atoms with van der Waals surface area (Å²) >= 11 is 0. The fourth-order valence-electron chi connectivity index (χ4n) is 13.2. The number of para-hydroxylation sites is 1. The first kappa shape index (κ1) is 37.4. The van der Waals surface area contributed by atoms with E-state index in [1.165, 1.54) is 14.0 Å². The first-order valence-corrected chi connectivity index (χ1v) is 20.5. The van der Waals surface area contributed by atoms with Crippen LogP contribution in [0.3, 0.4) is 0 Å². The molecule has 1 aromatic heterocycles. The van der Waals surface area contributed by atoms with Crippen molar-refractivity contribution in [3.63, 3.8) is 0 Å². The maximum absolute atomic E-state index is 14.3. The number of carbonyl (C=O) groups is 2. The summed E-state index contributed by atoms with van der Waals surface area (Å²) in [5, 5.41) is 26.2. The Morgan fingerprint density at radius 1 is 1.07 bits per heavy atom. The molecule has 296 valence electrons. The lowest BCUT2D eigenvalue weighted by molar-refractivity contribution is -0.228. The van der Waals surface area contributed by atoms with Gasteiger partial charge in [-0.2, -0.15) is 0 Å². The number of aliphatic hydroxyl groups is 2. The van der Waals surface area contributed by atoms with Gasteiger partial charge in [0.05, 0.1) is 18.8 Å². The molecule has 1 spiro atoms. The molecule has 3 fully saturated rings. The number of rotatable bonds is 5. The summed E-state index contributed by atoms with van der Waals surface area (Å²) in [5.74, 6) is -1.33. The van der Waals surface area contributed by atoms with Gasteiger partial charge in [0, 0.05) is 85.6 Å². The number of ether oxygens (including phenoxy) is 2. The highest BCUT2D eigenvalue weighted by Gasteiger charge is 2.80. The Morgan fingerprint density at radius 3 is 2.57 bits per heavy atom. The van der Waals surface area contributed by atoms with Crippen LogP contribution in [-0.4, -0.2) is 113 Å². The van der Waals surface area contributed by atoms with Crippen LogP contribution in [-0.2, 0) is 36.4 Å². The Bertz CT molecular complexity index is 2210. The number of hydrogen-bond acceptors (Lipinski definition) is 9. The summed E-state index contributed by atoms with van der Waals surface area (Å²) < 4.78 is 11.6. The van der Waals surface area contributed by atoms with Gasteiger partial charge in [0.15, 0.2) is 6.10 Å². The van der Waals surface area contributed by atoms with Crippen molar-refractivity contribution in [3.05, 3.63) is 87.9 Å². The molecular formula is C45H55N5O6. The second-order valence-electron chi connectivity index (χ2n) is 17.9. The Kier molecular flexibility index (Phi) is 8.44. The van der Waals surface area contributed by atoms with Crippen LogP contribution in [0.1, 0.15) is 80.8 Å². The average molecular weight is 762 g/mol. The highest BCUT2D eigenvalue weighted by molar-refractivity contribution is 5.88. The number of aryl methyl sites for hydroxylation is 1. The lowest BCUT2D eigenvalue weighted by Crippen LogP contribution is -2.81. The van der Waals surface area contributed by atoms with E-state index in [9.17, 15) is 26.4 Å². The van der Waals surface area contributed by atoms with E-state index in [0.29, 0.717) is 45.2 Å². The van der Waals surface area contributed by atoms with E-state index in [1.807, 2.05) is 24.9 Å². The number of carbonyl (C=O) groups excluding carboxylic acids is 2. The second-order valence-corrected chi connectivity index (χ2v) is 17.9. The minimum Gasteiger partial charge on any atom is -0.467 e. The molecule has 2 unspecified atom stereocenters. The molecule has 2 saturated heterocycles. The molecule has 5 aliphatic heterocycles. The van der Waals surface area contributed by atoms with Gasteiger partial charge in [-0.15, -0.1) is 0 Å². The van der Waals surface area contributed by atoms with Crippen molar-refractivity contribution in [3.8, 4) is 0 Å². The quantitative estimate of drug-likeness (QED) is 0.188. The number of fused-ring (bicyclic) bond motifs is 6. The highest BCUT2D eigenvalue weighted by atomic mass is 16.6. The fourth-order valence-corrected chi connectivity index (χ4v) is 13.2. The lowest BCUT2D eigenvalue weighted by atomic mass is 9.47. The maximum atomic E-state index is 14.3. The molecule has 3 N–H and O–H groups in total. The van der Waals surface area contributed by atoms with Gasteiger partial charge in [-0.25, -0.2) is 11.4 Å². The number of likely N-dealkylation sites (N-methyl/N-ethyl adjacent to an activating group) is 1. The van der Waals surface area contributed by atoms with E-state index < -0.39 is 51.7 Å². The molecule has 6 heterocycles. The Balaban J connectivity index is 1.32. The van der Waals surface area contributed by atoms with Crippen molar-refractivity contribution >= 4 is 28.5 Å². The molecule has 6 aliphatic rings. The summed E-state index contributed by atoms with van der Waals surface area (Å²) in [6, 6.07) is 11.7. The molecule has 11 heteroatoms. The van der Waals surface area contributed by atoms with Gasteiger partial charge < -0.3 is 29.6 Å².